The van der Waals surface area contributed by atoms with Gasteiger partial charge in [0.2, 0.25) is 5.91 Å². The van der Waals surface area contributed by atoms with E-state index in [1.165, 1.54) is 78.2 Å². The Morgan fingerprint density at radius 1 is 0.610 bits per heavy atom. The third kappa shape index (κ3) is 58.6. The zero-order chi connectivity index (χ0) is 32.6. The molecule has 0 fully saturated rings. The molecule has 0 aromatic carbocycles. The number of hydrogen-bond acceptors (Lipinski definition) is 7. The fraction of sp³-hybridized carbons (Fsp3) is 0.879. The Bertz CT molecular complexity index is 602. The van der Waals surface area contributed by atoms with Gasteiger partial charge in [-0.05, 0) is 61.3 Å². The Labute approximate surface area is 253 Å². The van der Waals surface area contributed by atoms with Crippen LogP contribution < -0.4 is 5.73 Å². The Morgan fingerprint density at radius 3 is 1.10 bits per heavy atom. The van der Waals surface area contributed by atoms with Crippen molar-refractivity contribution in [3.8, 4) is 0 Å². The summed E-state index contributed by atoms with van der Waals surface area (Å²) in [5.41, 5.74) is 4.80. The Kier molecular flexibility index (Phi) is 36.5. The quantitative estimate of drug-likeness (QED) is 0.0969. The van der Waals surface area contributed by atoms with Crippen LogP contribution in [0.5, 0.6) is 0 Å². The molecule has 0 aromatic rings. The van der Waals surface area contributed by atoms with Crippen molar-refractivity contribution in [3.63, 3.8) is 0 Å². The highest BCUT2D eigenvalue weighted by Gasteiger charge is 2.15. The minimum atomic E-state index is -0.359. The van der Waals surface area contributed by atoms with Gasteiger partial charge in [-0.15, -0.1) is 0 Å². The molecule has 0 spiro atoms. The molecule has 41 heavy (non-hydrogen) atoms. The molecular formula is C33H67NO7. The van der Waals surface area contributed by atoms with E-state index in [2.05, 4.69) is 4.74 Å². The van der Waals surface area contributed by atoms with Gasteiger partial charge in [-0.1, -0.05) is 84.0 Å². The molecule has 0 aromatic heterocycles. The SMILES string of the molecule is CC(C)(C)OC(=O)CCCCCCCCCCCCCCCCC(N)=O.CC=O.CCC(=O)OC.COC(C)(C)C. The number of esters is 2. The number of rotatable bonds is 18. The Morgan fingerprint density at radius 2 is 0.902 bits per heavy atom. The minimum absolute atomic E-state index is 0.0417. The molecule has 2 N–H and O–H groups in total. The lowest BCUT2D eigenvalue weighted by atomic mass is 10.0. The number of nitrogens with two attached hydrogens (primary N) is 1. The van der Waals surface area contributed by atoms with Gasteiger partial charge in [-0.3, -0.25) is 14.4 Å². The molecule has 0 saturated heterocycles. The third-order valence-electron chi connectivity index (χ3n) is 5.60. The average molecular weight is 590 g/mol. The summed E-state index contributed by atoms with van der Waals surface area (Å²) in [4.78, 5) is 41.0. The van der Waals surface area contributed by atoms with Gasteiger partial charge < -0.3 is 24.7 Å². The average Bonchev–Trinajstić information content (AvgIpc) is 2.87. The number of unbranched alkanes of at least 4 members (excludes halogenated alkanes) is 13. The van der Waals surface area contributed by atoms with Crippen molar-refractivity contribution in [1.82, 2.24) is 0 Å². The number of hydrogen-bond donors (Lipinski definition) is 1. The zero-order valence-electron chi connectivity index (χ0n) is 28.5. The summed E-state index contributed by atoms with van der Waals surface area (Å²) < 4.78 is 14.5. The number of carbonyl (C=O) groups excluding carboxylic acids is 4. The van der Waals surface area contributed by atoms with Crippen LogP contribution in [-0.2, 0) is 33.4 Å². The summed E-state index contributed by atoms with van der Waals surface area (Å²) >= 11 is 0. The van der Waals surface area contributed by atoms with E-state index >= 15 is 0 Å². The fourth-order valence-electron chi connectivity index (χ4n) is 3.23. The number of primary amides is 1. The molecule has 0 saturated carbocycles. The van der Waals surface area contributed by atoms with Crippen LogP contribution in [0.3, 0.4) is 0 Å². The second kappa shape index (κ2) is 32.6. The number of methoxy groups -OCH3 is 2. The first-order chi connectivity index (χ1) is 19.1. The summed E-state index contributed by atoms with van der Waals surface area (Å²) in [6, 6.07) is 0. The summed E-state index contributed by atoms with van der Waals surface area (Å²) in [6.07, 6.45) is 19.5. The summed E-state index contributed by atoms with van der Waals surface area (Å²) in [5.74, 6) is -0.395. The number of ether oxygens (including phenoxy) is 3. The normalized spacial score (nSPS) is 10.5. The maximum Gasteiger partial charge on any atom is 0.306 e. The second-order valence-corrected chi connectivity index (χ2v) is 12.0. The number of amides is 1. The van der Waals surface area contributed by atoms with E-state index in [1.807, 2.05) is 41.5 Å². The molecule has 0 aliphatic carbocycles. The van der Waals surface area contributed by atoms with Gasteiger partial charge in [-0.25, -0.2) is 0 Å². The van der Waals surface area contributed by atoms with E-state index in [0.717, 1.165) is 32.0 Å². The minimum Gasteiger partial charge on any atom is -0.469 e. The van der Waals surface area contributed by atoms with Gasteiger partial charge in [0.25, 0.3) is 0 Å². The largest absolute Gasteiger partial charge is 0.469 e. The topological polar surface area (TPSA) is 122 Å². The van der Waals surface area contributed by atoms with Crippen LogP contribution in [-0.4, -0.2) is 49.6 Å². The van der Waals surface area contributed by atoms with E-state index in [4.69, 9.17) is 20.0 Å². The molecule has 0 heterocycles. The van der Waals surface area contributed by atoms with Crippen molar-refractivity contribution in [2.75, 3.05) is 14.2 Å². The van der Waals surface area contributed by atoms with Crippen molar-refractivity contribution in [2.24, 2.45) is 5.73 Å². The van der Waals surface area contributed by atoms with Crippen molar-refractivity contribution in [2.45, 2.75) is 176 Å². The highest BCUT2D eigenvalue weighted by atomic mass is 16.6. The maximum absolute atomic E-state index is 11.6. The van der Waals surface area contributed by atoms with Crippen molar-refractivity contribution < 1.29 is 33.4 Å². The molecular weight excluding hydrogens is 522 g/mol. The zero-order valence-corrected chi connectivity index (χ0v) is 28.5. The van der Waals surface area contributed by atoms with Gasteiger partial charge in [0, 0.05) is 26.4 Å². The lowest BCUT2D eigenvalue weighted by Crippen LogP contribution is -2.23. The molecule has 246 valence electrons. The Balaban J connectivity index is -0.000000371. The van der Waals surface area contributed by atoms with Gasteiger partial charge in [0.05, 0.1) is 12.7 Å². The van der Waals surface area contributed by atoms with Crippen molar-refractivity contribution in [1.29, 1.82) is 0 Å². The Hall–Kier alpha value is -1.96. The van der Waals surface area contributed by atoms with Crippen LogP contribution in [0.4, 0.5) is 0 Å². The third-order valence-corrected chi connectivity index (χ3v) is 5.60. The molecule has 0 aliphatic heterocycles. The van der Waals surface area contributed by atoms with Crippen LogP contribution in [0.2, 0.25) is 0 Å². The molecule has 8 nitrogen and oxygen atoms in total. The smallest absolute Gasteiger partial charge is 0.306 e. The molecule has 8 heteroatoms. The molecule has 0 radical (unpaired) electrons. The summed E-state index contributed by atoms with van der Waals surface area (Å²) in [6.45, 7) is 15.0. The van der Waals surface area contributed by atoms with Crippen molar-refractivity contribution >= 4 is 24.1 Å². The summed E-state index contributed by atoms with van der Waals surface area (Å²) in [7, 11) is 3.09. The van der Waals surface area contributed by atoms with E-state index in [1.54, 1.807) is 14.0 Å². The predicted molar refractivity (Wildman–Crippen MR) is 170 cm³/mol. The van der Waals surface area contributed by atoms with Gasteiger partial charge in [-0.2, -0.15) is 0 Å². The van der Waals surface area contributed by atoms with E-state index in [-0.39, 0.29) is 29.0 Å². The molecule has 1 amide bonds. The standard InChI is InChI=1S/C22H43NO3.C5H12O.C4H8O2.C2H4O/c1-22(2,3)26-21(25)19-17-15-13-11-9-7-5-4-6-8-10-12-14-16-18-20(23)24;1-5(2,3)6-4;1-3-4(5)6-2;1-2-3/h4-19H2,1-3H3,(H2,23,24);1-4H3;3H2,1-2H3;2H,1H3. The van der Waals surface area contributed by atoms with Crippen LogP contribution >= 0.6 is 0 Å². The predicted octanol–water partition coefficient (Wildman–Crippen LogP) is 8.26. The summed E-state index contributed by atoms with van der Waals surface area (Å²) in [5, 5.41) is 0. The lowest BCUT2D eigenvalue weighted by molar-refractivity contribution is -0.155. The van der Waals surface area contributed by atoms with Crippen LogP contribution in [0.15, 0.2) is 0 Å². The molecule has 0 unspecified atom stereocenters. The van der Waals surface area contributed by atoms with Gasteiger partial charge >= 0.3 is 11.9 Å². The maximum atomic E-state index is 11.6. The first kappa shape index (κ1) is 46.0. The highest BCUT2D eigenvalue weighted by Crippen LogP contribution is 2.15. The number of carbonyl (C=O) groups is 4. The van der Waals surface area contributed by atoms with E-state index in [0.29, 0.717) is 19.3 Å². The monoisotopic (exact) mass is 589 g/mol. The van der Waals surface area contributed by atoms with Crippen LogP contribution in [0.25, 0.3) is 0 Å². The second-order valence-electron chi connectivity index (χ2n) is 12.0. The molecule has 0 aliphatic rings. The van der Waals surface area contributed by atoms with Crippen molar-refractivity contribution in [3.05, 3.63) is 0 Å². The lowest BCUT2D eigenvalue weighted by Gasteiger charge is -2.19. The molecule has 0 atom stereocenters. The van der Waals surface area contributed by atoms with Crippen LogP contribution in [0.1, 0.15) is 165 Å². The van der Waals surface area contributed by atoms with E-state index < -0.39 is 0 Å². The van der Waals surface area contributed by atoms with E-state index in [9.17, 15) is 14.4 Å². The first-order valence-electron chi connectivity index (χ1n) is 15.6. The van der Waals surface area contributed by atoms with Gasteiger partial charge in [0.1, 0.15) is 11.9 Å². The van der Waals surface area contributed by atoms with Crippen LogP contribution in [0, 0.1) is 0 Å². The van der Waals surface area contributed by atoms with Gasteiger partial charge in [0.15, 0.2) is 0 Å². The highest BCUT2D eigenvalue weighted by molar-refractivity contribution is 5.73. The fourth-order valence-corrected chi connectivity index (χ4v) is 3.23. The number of aldehydes is 1. The first-order valence-corrected chi connectivity index (χ1v) is 15.6. The molecule has 0 rings (SSSR count). The molecule has 0 bridgehead atoms.